The molecule has 0 aromatic carbocycles. The molecule has 0 amide bonds. The van der Waals surface area contributed by atoms with Crippen LogP contribution in [0.25, 0.3) is 0 Å². The van der Waals surface area contributed by atoms with Crippen LogP contribution in [0, 0.1) is 0 Å². The Morgan fingerprint density at radius 3 is 2.73 bits per heavy atom. The molecule has 0 aromatic rings. The molecule has 0 bridgehead atoms. The number of aliphatic hydroxyl groups excluding tert-OH is 2. The van der Waals surface area contributed by atoms with Gasteiger partial charge in [-0.25, -0.2) is 0 Å². The first-order valence-electron chi connectivity index (χ1n) is 3.96. The van der Waals surface area contributed by atoms with E-state index in [0.717, 1.165) is 19.3 Å². The average Bonchev–Trinajstić information content (AvgIpc) is 2.48. The molecule has 0 aromatic heterocycles. The van der Waals surface area contributed by atoms with E-state index in [-0.39, 0.29) is 10.9 Å². The Balaban J connectivity index is 2.22. The summed E-state index contributed by atoms with van der Waals surface area (Å²) in [5.41, 5.74) is 0. The van der Waals surface area contributed by atoms with Crippen LogP contribution in [0.4, 0.5) is 0 Å². The van der Waals surface area contributed by atoms with Gasteiger partial charge in [0.05, 0.1) is 17.0 Å². The molecule has 1 fully saturated rings. The summed E-state index contributed by atoms with van der Waals surface area (Å²) in [4.78, 5) is 0. The first-order valence-corrected chi connectivity index (χ1v) is 4.84. The third-order valence-corrected chi connectivity index (χ3v) is 4.11. The van der Waals surface area contributed by atoms with E-state index in [1.165, 1.54) is 0 Å². The molecule has 62 valence electrons. The number of hydrogen-bond acceptors (Lipinski definition) is 3. The van der Waals surface area contributed by atoms with E-state index in [4.69, 9.17) is 0 Å². The Labute approximate surface area is 70.3 Å². The molecule has 2 aliphatic rings. The van der Waals surface area contributed by atoms with E-state index in [0.29, 0.717) is 0 Å². The number of rotatable bonds is 0. The average molecular weight is 172 g/mol. The van der Waals surface area contributed by atoms with Gasteiger partial charge in [0, 0.05) is 0 Å². The van der Waals surface area contributed by atoms with Crippen molar-refractivity contribution in [2.24, 2.45) is 0 Å². The maximum absolute atomic E-state index is 9.63. The Morgan fingerprint density at radius 1 is 1.45 bits per heavy atom. The number of aliphatic hydroxyl groups is 2. The third-order valence-electron chi connectivity index (χ3n) is 2.66. The van der Waals surface area contributed by atoms with Crippen molar-refractivity contribution in [2.45, 2.75) is 36.2 Å². The quantitative estimate of drug-likeness (QED) is 0.570. The monoisotopic (exact) mass is 172 g/mol. The molecular weight excluding hydrogens is 160 g/mol. The minimum absolute atomic E-state index is 0.278. The topological polar surface area (TPSA) is 40.5 Å². The summed E-state index contributed by atoms with van der Waals surface area (Å²) in [6, 6.07) is 0. The molecule has 1 spiro atoms. The SMILES string of the molecule is O[C@@H]1CCC[C@@]12SC=C[C@@H]2O. The molecule has 3 atom stereocenters. The Kier molecular flexibility index (Phi) is 1.74. The number of hydrogen-bond donors (Lipinski definition) is 2. The van der Waals surface area contributed by atoms with E-state index >= 15 is 0 Å². The van der Waals surface area contributed by atoms with Crippen LogP contribution in [-0.4, -0.2) is 27.2 Å². The molecule has 1 aliphatic carbocycles. The van der Waals surface area contributed by atoms with Gasteiger partial charge in [-0.3, -0.25) is 0 Å². The maximum Gasteiger partial charge on any atom is 0.0904 e. The molecule has 11 heavy (non-hydrogen) atoms. The van der Waals surface area contributed by atoms with Gasteiger partial charge in [0.25, 0.3) is 0 Å². The Morgan fingerprint density at radius 2 is 2.27 bits per heavy atom. The fourth-order valence-electron chi connectivity index (χ4n) is 1.94. The predicted molar refractivity (Wildman–Crippen MR) is 45.3 cm³/mol. The lowest BCUT2D eigenvalue weighted by Crippen LogP contribution is -2.41. The van der Waals surface area contributed by atoms with E-state index < -0.39 is 6.10 Å². The van der Waals surface area contributed by atoms with Gasteiger partial charge in [-0.1, -0.05) is 0 Å². The zero-order valence-electron chi connectivity index (χ0n) is 6.23. The van der Waals surface area contributed by atoms with Crippen LogP contribution in [-0.2, 0) is 0 Å². The molecule has 0 unspecified atom stereocenters. The summed E-state index contributed by atoms with van der Waals surface area (Å²) >= 11 is 1.59. The lowest BCUT2D eigenvalue weighted by atomic mass is 9.98. The third kappa shape index (κ3) is 0.949. The summed E-state index contributed by atoms with van der Waals surface area (Å²) in [5.74, 6) is 0. The van der Waals surface area contributed by atoms with Gasteiger partial charge in [-0.05, 0) is 30.7 Å². The molecule has 2 N–H and O–H groups in total. The smallest absolute Gasteiger partial charge is 0.0904 e. The van der Waals surface area contributed by atoms with Gasteiger partial charge < -0.3 is 10.2 Å². The van der Waals surface area contributed by atoms with Gasteiger partial charge in [-0.2, -0.15) is 0 Å². The highest BCUT2D eigenvalue weighted by Gasteiger charge is 2.49. The van der Waals surface area contributed by atoms with Gasteiger partial charge in [0.1, 0.15) is 0 Å². The van der Waals surface area contributed by atoms with Crippen molar-refractivity contribution >= 4 is 11.8 Å². The minimum atomic E-state index is -0.440. The van der Waals surface area contributed by atoms with Crippen LogP contribution >= 0.6 is 11.8 Å². The fourth-order valence-corrected chi connectivity index (χ4v) is 3.17. The Bertz CT molecular complexity index is 193. The molecule has 2 nitrogen and oxygen atoms in total. The summed E-state index contributed by atoms with van der Waals surface area (Å²) < 4.78 is -0.278. The number of thioether (sulfide) groups is 1. The van der Waals surface area contributed by atoms with Crippen molar-refractivity contribution in [2.75, 3.05) is 0 Å². The van der Waals surface area contributed by atoms with Crippen LogP contribution in [0.3, 0.4) is 0 Å². The maximum atomic E-state index is 9.63. The fraction of sp³-hybridized carbons (Fsp3) is 0.750. The van der Waals surface area contributed by atoms with Crippen LogP contribution in [0.5, 0.6) is 0 Å². The predicted octanol–water partition coefficient (Wildman–Crippen LogP) is 0.891. The lowest BCUT2D eigenvalue weighted by molar-refractivity contribution is 0.0809. The van der Waals surface area contributed by atoms with Crippen LogP contribution in [0.1, 0.15) is 19.3 Å². The second kappa shape index (κ2) is 2.51. The Hall–Kier alpha value is 0.01000. The molecule has 1 saturated carbocycles. The van der Waals surface area contributed by atoms with Crippen molar-refractivity contribution in [1.82, 2.24) is 0 Å². The zero-order chi connectivity index (χ0) is 7.90. The highest BCUT2D eigenvalue weighted by atomic mass is 32.2. The largest absolute Gasteiger partial charge is 0.392 e. The van der Waals surface area contributed by atoms with Crippen molar-refractivity contribution < 1.29 is 10.2 Å². The van der Waals surface area contributed by atoms with Gasteiger partial charge in [0.2, 0.25) is 0 Å². The molecule has 3 heteroatoms. The van der Waals surface area contributed by atoms with Crippen LogP contribution in [0.15, 0.2) is 11.5 Å². The normalized spacial score (nSPS) is 49.3. The van der Waals surface area contributed by atoms with Crippen molar-refractivity contribution in [3.63, 3.8) is 0 Å². The molecule has 1 aliphatic heterocycles. The molecular formula is C8H12O2S. The highest BCUT2D eigenvalue weighted by Crippen LogP contribution is 2.48. The van der Waals surface area contributed by atoms with E-state index in [9.17, 15) is 10.2 Å². The van der Waals surface area contributed by atoms with Gasteiger partial charge in [-0.15, -0.1) is 11.8 Å². The van der Waals surface area contributed by atoms with Gasteiger partial charge in [0.15, 0.2) is 0 Å². The molecule has 0 saturated heterocycles. The van der Waals surface area contributed by atoms with Crippen LogP contribution in [0.2, 0.25) is 0 Å². The first kappa shape index (κ1) is 7.65. The second-order valence-electron chi connectivity index (χ2n) is 3.25. The minimum Gasteiger partial charge on any atom is -0.392 e. The molecule has 0 radical (unpaired) electrons. The summed E-state index contributed by atoms with van der Waals surface area (Å²) in [5, 5.41) is 21.1. The standard InChI is InChI=1S/C8H12O2S/c9-6-2-1-4-8(6)7(10)3-5-11-8/h3,5-7,9-10H,1-2,4H2/t6-,7+,8-/m1/s1. The second-order valence-corrected chi connectivity index (χ2v) is 4.52. The first-order chi connectivity index (χ1) is 5.26. The van der Waals surface area contributed by atoms with E-state index in [2.05, 4.69) is 0 Å². The summed E-state index contributed by atoms with van der Waals surface area (Å²) in [7, 11) is 0. The van der Waals surface area contributed by atoms with Gasteiger partial charge >= 0.3 is 0 Å². The van der Waals surface area contributed by atoms with Crippen LogP contribution < -0.4 is 0 Å². The summed E-state index contributed by atoms with van der Waals surface area (Å²) in [6.45, 7) is 0. The van der Waals surface area contributed by atoms with E-state index in [1.807, 2.05) is 5.41 Å². The van der Waals surface area contributed by atoms with E-state index in [1.54, 1.807) is 17.8 Å². The van der Waals surface area contributed by atoms with Crippen molar-refractivity contribution in [1.29, 1.82) is 0 Å². The zero-order valence-corrected chi connectivity index (χ0v) is 7.05. The molecule has 2 rings (SSSR count). The lowest BCUT2D eigenvalue weighted by Gasteiger charge is -2.29. The molecule has 1 heterocycles. The summed E-state index contributed by atoms with van der Waals surface area (Å²) in [6.07, 6.45) is 3.83. The highest BCUT2D eigenvalue weighted by molar-refractivity contribution is 8.03. The van der Waals surface area contributed by atoms with Crippen molar-refractivity contribution in [3.05, 3.63) is 11.5 Å². The van der Waals surface area contributed by atoms with Crippen molar-refractivity contribution in [3.8, 4) is 0 Å².